The van der Waals surface area contributed by atoms with Crippen molar-refractivity contribution in [1.82, 2.24) is 14.3 Å². The summed E-state index contributed by atoms with van der Waals surface area (Å²) < 4.78 is 30.9. The average Bonchev–Trinajstić information content (AvgIpc) is 3.11. The van der Waals surface area contributed by atoms with E-state index in [-0.39, 0.29) is 33.5 Å². The third-order valence-electron chi connectivity index (χ3n) is 4.77. The Kier molecular flexibility index (Phi) is 6.13. The van der Waals surface area contributed by atoms with Gasteiger partial charge in [-0.3, -0.25) is 4.57 Å². The summed E-state index contributed by atoms with van der Waals surface area (Å²) in [4.78, 5) is 12.9. The molecule has 0 bridgehead atoms. The molecule has 0 N–H and O–H groups in total. The van der Waals surface area contributed by atoms with Gasteiger partial charge in [0.25, 0.3) is 0 Å². The Hall–Kier alpha value is -3.40. The van der Waals surface area contributed by atoms with E-state index >= 15 is 0 Å². The van der Waals surface area contributed by atoms with E-state index in [0.29, 0.717) is 11.3 Å². The van der Waals surface area contributed by atoms with Crippen molar-refractivity contribution < 1.29 is 8.78 Å². The van der Waals surface area contributed by atoms with E-state index in [1.165, 1.54) is 33.5 Å². The fourth-order valence-corrected chi connectivity index (χ4v) is 3.59. The first-order valence-electron chi connectivity index (χ1n) is 9.61. The predicted octanol–water partition coefficient (Wildman–Crippen LogP) is 5.71. The SMILES string of the molecule is CCn1c(-c2c(F)cccc2Cl)nn(-c2ccc(C#Cc3cccc(Cl)c3F)cc2)c1=O. The monoisotopic (exact) mass is 469 g/mol. The first-order chi connectivity index (χ1) is 15.4. The molecule has 0 aliphatic rings. The van der Waals surface area contributed by atoms with Crippen molar-refractivity contribution in [2.45, 2.75) is 13.5 Å². The van der Waals surface area contributed by atoms with E-state index < -0.39 is 17.3 Å². The molecule has 160 valence electrons. The third kappa shape index (κ3) is 4.05. The molecule has 0 spiro atoms. The number of aromatic nitrogens is 3. The van der Waals surface area contributed by atoms with Crippen LogP contribution in [0.5, 0.6) is 0 Å². The van der Waals surface area contributed by atoms with Crippen LogP contribution in [-0.4, -0.2) is 14.3 Å². The number of halogens is 4. The fourth-order valence-electron chi connectivity index (χ4n) is 3.17. The minimum absolute atomic E-state index is 0.00351. The smallest absolute Gasteiger partial charge is 0.275 e. The van der Waals surface area contributed by atoms with Crippen LogP contribution in [0.1, 0.15) is 18.1 Å². The lowest BCUT2D eigenvalue weighted by atomic mass is 10.1. The standard InChI is InChI=1S/C24H15Cl2F2N3O/c1-2-30-23(21-18(25)6-4-8-20(21)27)29-31(24(30)32)17-13-10-15(11-14-17)9-12-16-5-3-7-19(26)22(16)28/h3-8,10-11,13-14H,2H2,1H3. The second-order valence-corrected chi connectivity index (χ2v) is 7.57. The van der Waals surface area contributed by atoms with Crippen LogP contribution in [0, 0.1) is 23.5 Å². The van der Waals surface area contributed by atoms with E-state index in [4.69, 9.17) is 23.2 Å². The summed E-state index contributed by atoms with van der Waals surface area (Å²) in [6.45, 7) is 2.05. The second-order valence-electron chi connectivity index (χ2n) is 6.76. The molecule has 0 saturated heterocycles. The molecule has 0 fully saturated rings. The van der Waals surface area contributed by atoms with E-state index in [9.17, 15) is 13.6 Å². The van der Waals surface area contributed by atoms with Crippen molar-refractivity contribution in [2.24, 2.45) is 0 Å². The van der Waals surface area contributed by atoms with Gasteiger partial charge in [-0.1, -0.05) is 47.2 Å². The van der Waals surface area contributed by atoms with Crippen molar-refractivity contribution in [2.75, 3.05) is 0 Å². The normalized spacial score (nSPS) is 10.7. The van der Waals surface area contributed by atoms with Crippen molar-refractivity contribution >= 4 is 23.2 Å². The Balaban J connectivity index is 1.72. The Morgan fingerprint density at radius 2 is 1.62 bits per heavy atom. The highest BCUT2D eigenvalue weighted by atomic mass is 35.5. The lowest BCUT2D eigenvalue weighted by Gasteiger charge is -2.05. The molecule has 8 heteroatoms. The first-order valence-corrected chi connectivity index (χ1v) is 10.4. The van der Waals surface area contributed by atoms with E-state index in [1.54, 1.807) is 43.3 Å². The van der Waals surface area contributed by atoms with E-state index in [1.807, 2.05) is 0 Å². The number of hydrogen-bond acceptors (Lipinski definition) is 2. The summed E-state index contributed by atoms with van der Waals surface area (Å²) in [5, 5.41) is 4.50. The largest absolute Gasteiger partial charge is 0.350 e. The highest BCUT2D eigenvalue weighted by molar-refractivity contribution is 6.33. The Labute approximate surface area is 192 Å². The maximum absolute atomic E-state index is 14.4. The summed E-state index contributed by atoms with van der Waals surface area (Å²) >= 11 is 11.9. The molecule has 4 rings (SSSR count). The van der Waals surface area contributed by atoms with E-state index in [0.717, 1.165) is 0 Å². The highest BCUT2D eigenvalue weighted by Crippen LogP contribution is 2.29. The zero-order chi connectivity index (χ0) is 22.8. The summed E-state index contributed by atoms with van der Waals surface area (Å²) in [5.74, 6) is 4.60. The predicted molar refractivity (Wildman–Crippen MR) is 121 cm³/mol. The summed E-state index contributed by atoms with van der Waals surface area (Å²) in [6, 6.07) is 15.6. The van der Waals surface area contributed by atoms with Gasteiger partial charge < -0.3 is 0 Å². The Morgan fingerprint density at radius 1 is 0.938 bits per heavy atom. The highest BCUT2D eigenvalue weighted by Gasteiger charge is 2.20. The number of rotatable bonds is 3. The zero-order valence-electron chi connectivity index (χ0n) is 16.7. The Bertz CT molecular complexity index is 1410. The number of nitrogens with zero attached hydrogens (tertiary/aromatic N) is 3. The van der Waals surface area contributed by atoms with Crippen molar-refractivity contribution in [1.29, 1.82) is 0 Å². The van der Waals surface area contributed by atoms with Crippen LogP contribution in [-0.2, 0) is 6.54 Å². The van der Waals surface area contributed by atoms with Crippen LogP contribution >= 0.6 is 23.2 Å². The maximum Gasteiger partial charge on any atom is 0.350 e. The van der Waals surface area contributed by atoms with Gasteiger partial charge >= 0.3 is 5.69 Å². The minimum Gasteiger partial charge on any atom is -0.275 e. The lowest BCUT2D eigenvalue weighted by Crippen LogP contribution is -2.23. The molecule has 0 unspecified atom stereocenters. The van der Waals surface area contributed by atoms with Gasteiger partial charge in [-0.05, 0) is 55.5 Å². The van der Waals surface area contributed by atoms with Crippen molar-refractivity contribution in [3.63, 3.8) is 0 Å². The summed E-state index contributed by atoms with van der Waals surface area (Å²) in [6.07, 6.45) is 0. The first kappa shape index (κ1) is 21.8. The summed E-state index contributed by atoms with van der Waals surface area (Å²) in [5.41, 5.74) is 0.898. The van der Waals surface area contributed by atoms with Gasteiger partial charge in [0.2, 0.25) is 0 Å². The number of benzene rings is 3. The molecule has 0 saturated carbocycles. The van der Waals surface area contributed by atoms with Crippen LogP contribution < -0.4 is 5.69 Å². The summed E-state index contributed by atoms with van der Waals surface area (Å²) in [7, 11) is 0. The van der Waals surface area contributed by atoms with Crippen LogP contribution in [0.25, 0.3) is 17.1 Å². The van der Waals surface area contributed by atoms with Gasteiger partial charge in [-0.25, -0.2) is 13.6 Å². The second kappa shape index (κ2) is 8.99. The van der Waals surface area contributed by atoms with Crippen molar-refractivity contribution in [3.8, 4) is 28.9 Å². The molecule has 4 nitrogen and oxygen atoms in total. The van der Waals surface area contributed by atoms with Crippen LogP contribution in [0.2, 0.25) is 10.0 Å². The topological polar surface area (TPSA) is 39.8 Å². The molecule has 1 heterocycles. The molecule has 0 aliphatic carbocycles. The van der Waals surface area contributed by atoms with Crippen LogP contribution in [0.4, 0.5) is 8.78 Å². The van der Waals surface area contributed by atoms with Gasteiger partial charge in [-0.15, -0.1) is 5.10 Å². The van der Waals surface area contributed by atoms with E-state index in [2.05, 4.69) is 16.9 Å². The van der Waals surface area contributed by atoms with Gasteiger partial charge in [0.15, 0.2) is 11.6 Å². The van der Waals surface area contributed by atoms with Gasteiger partial charge in [-0.2, -0.15) is 4.68 Å². The zero-order valence-corrected chi connectivity index (χ0v) is 18.3. The third-order valence-corrected chi connectivity index (χ3v) is 5.38. The molecular weight excluding hydrogens is 455 g/mol. The van der Waals surface area contributed by atoms with Crippen molar-refractivity contribution in [3.05, 3.63) is 104 Å². The molecule has 0 aliphatic heterocycles. The average molecular weight is 470 g/mol. The minimum atomic E-state index is -0.575. The van der Waals surface area contributed by atoms with Crippen LogP contribution in [0.15, 0.2) is 65.5 Å². The van der Waals surface area contributed by atoms with Gasteiger partial charge in [0, 0.05) is 12.1 Å². The molecule has 32 heavy (non-hydrogen) atoms. The maximum atomic E-state index is 14.4. The molecule has 4 aromatic rings. The number of hydrogen-bond donors (Lipinski definition) is 0. The van der Waals surface area contributed by atoms with Gasteiger partial charge in [0.05, 0.1) is 26.9 Å². The molecule has 3 aromatic carbocycles. The molecule has 0 radical (unpaired) electrons. The lowest BCUT2D eigenvalue weighted by molar-refractivity contribution is 0.625. The molecule has 0 atom stereocenters. The van der Waals surface area contributed by atoms with Gasteiger partial charge in [0.1, 0.15) is 5.82 Å². The quantitative estimate of drug-likeness (QED) is 0.360. The molecule has 1 aromatic heterocycles. The Morgan fingerprint density at radius 3 is 2.31 bits per heavy atom. The van der Waals surface area contributed by atoms with Crippen LogP contribution in [0.3, 0.4) is 0 Å². The molecule has 0 amide bonds. The fraction of sp³-hybridized carbons (Fsp3) is 0.0833. The molecular formula is C24H15Cl2F2N3O.